The molecule has 0 heterocycles. The van der Waals surface area contributed by atoms with E-state index in [1.165, 1.54) is 18.4 Å². The van der Waals surface area contributed by atoms with Gasteiger partial charge in [0.15, 0.2) is 0 Å². The molecule has 1 heteroatoms. The molecule has 0 saturated heterocycles. The molecular weight excluding hydrogens is 120 g/mol. The molecule has 1 atom stereocenters. The Bertz CT molecular complexity index is 96.6. The van der Waals surface area contributed by atoms with Gasteiger partial charge in [-0.3, -0.25) is 0 Å². The Morgan fingerprint density at radius 2 is 2.25 bits per heavy atom. The van der Waals surface area contributed by atoms with Crippen LogP contribution in [0.4, 0.5) is 0 Å². The first-order chi connectivity index (χ1) is 3.80. The van der Waals surface area contributed by atoms with Crippen LogP contribution in [0.2, 0.25) is 0 Å². The topological polar surface area (TPSA) is 0 Å². The quantitative estimate of drug-likeness (QED) is 0.350. The third-order valence-corrected chi connectivity index (χ3v) is 2.18. The molecule has 0 aliphatic heterocycles. The zero-order valence-electron chi connectivity index (χ0n) is 4.99. The van der Waals surface area contributed by atoms with Gasteiger partial charge in [0, 0.05) is 0 Å². The van der Waals surface area contributed by atoms with Crippen LogP contribution in [-0.2, 0) is 0 Å². The molecule has 8 heavy (non-hydrogen) atoms. The van der Waals surface area contributed by atoms with Gasteiger partial charge in [-0.15, -0.1) is 11.6 Å². The van der Waals surface area contributed by atoms with Gasteiger partial charge in [-0.25, -0.2) is 0 Å². The number of hydrogen-bond donors (Lipinski definition) is 0. The van der Waals surface area contributed by atoms with E-state index in [9.17, 15) is 0 Å². The minimum atomic E-state index is 0.281. The largest absolute Gasteiger partial charge is 0.118 e. The highest BCUT2D eigenvalue weighted by Gasteiger charge is 2.12. The highest BCUT2D eigenvalue weighted by molar-refractivity contribution is 6.22. The zero-order chi connectivity index (χ0) is 5.98. The molecule has 0 aromatic heterocycles. The van der Waals surface area contributed by atoms with Crippen LogP contribution in [-0.4, -0.2) is 5.38 Å². The standard InChI is InChI=1S/C7H11Cl/c1-6-4-2-3-5-7(6)8/h7H,1-5H2. The van der Waals surface area contributed by atoms with Gasteiger partial charge in [-0.1, -0.05) is 18.6 Å². The van der Waals surface area contributed by atoms with Crippen molar-refractivity contribution in [3.8, 4) is 0 Å². The Kier molecular flexibility index (Phi) is 1.95. The molecule has 1 rings (SSSR count). The van der Waals surface area contributed by atoms with Gasteiger partial charge in [0.2, 0.25) is 0 Å². The summed E-state index contributed by atoms with van der Waals surface area (Å²) in [6.45, 7) is 3.86. The van der Waals surface area contributed by atoms with Gasteiger partial charge in [0.1, 0.15) is 0 Å². The van der Waals surface area contributed by atoms with Gasteiger partial charge in [-0.2, -0.15) is 0 Å². The summed E-state index contributed by atoms with van der Waals surface area (Å²) in [5.74, 6) is 0. The highest BCUT2D eigenvalue weighted by Crippen LogP contribution is 2.25. The Labute approximate surface area is 55.5 Å². The lowest BCUT2D eigenvalue weighted by Crippen LogP contribution is -2.07. The van der Waals surface area contributed by atoms with Gasteiger partial charge < -0.3 is 0 Å². The van der Waals surface area contributed by atoms with Gasteiger partial charge >= 0.3 is 0 Å². The summed E-state index contributed by atoms with van der Waals surface area (Å²) in [6.07, 6.45) is 4.86. The van der Waals surface area contributed by atoms with E-state index in [2.05, 4.69) is 6.58 Å². The number of alkyl halides is 1. The summed E-state index contributed by atoms with van der Waals surface area (Å²) in [7, 11) is 0. The smallest absolute Gasteiger partial charge is 0.0542 e. The lowest BCUT2D eigenvalue weighted by Gasteiger charge is -2.17. The molecular formula is C7H11Cl. The molecule has 46 valence electrons. The third kappa shape index (κ3) is 1.25. The van der Waals surface area contributed by atoms with Crippen molar-refractivity contribution < 1.29 is 0 Å². The molecule has 0 nitrogen and oxygen atoms in total. The highest BCUT2D eigenvalue weighted by atomic mass is 35.5. The van der Waals surface area contributed by atoms with Crippen LogP contribution >= 0.6 is 11.6 Å². The lowest BCUT2D eigenvalue weighted by atomic mass is 9.96. The van der Waals surface area contributed by atoms with Crippen molar-refractivity contribution in [2.75, 3.05) is 0 Å². The molecule has 1 saturated carbocycles. The number of allylic oxidation sites excluding steroid dienone is 1. The van der Waals surface area contributed by atoms with E-state index in [-0.39, 0.29) is 5.38 Å². The van der Waals surface area contributed by atoms with Crippen LogP contribution in [0.15, 0.2) is 12.2 Å². The predicted octanol–water partition coefficient (Wildman–Crippen LogP) is 2.72. The Hall–Kier alpha value is 0.0300. The average molecular weight is 131 g/mol. The molecule has 0 aromatic carbocycles. The second kappa shape index (κ2) is 2.54. The molecule has 0 spiro atoms. The van der Waals surface area contributed by atoms with Crippen molar-refractivity contribution >= 4 is 11.6 Å². The maximum Gasteiger partial charge on any atom is 0.0542 e. The van der Waals surface area contributed by atoms with E-state index in [0.29, 0.717) is 0 Å². The molecule has 0 aromatic rings. The summed E-state index contributed by atoms with van der Waals surface area (Å²) in [4.78, 5) is 0. The van der Waals surface area contributed by atoms with Gasteiger partial charge in [0.05, 0.1) is 5.38 Å². The Morgan fingerprint density at radius 3 is 2.62 bits per heavy atom. The van der Waals surface area contributed by atoms with E-state index < -0.39 is 0 Å². The molecule has 0 bridgehead atoms. The maximum absolute atomic E-state index is 5.87. The monoisotopic (exact) mass is 130 g/mol. The summed E-state index contributed by atoms with van der Waals surface area (Å²) >= 11 is 5.87. The van der Waals surface area contributed by atoms with Crippen LogP contribution in [0, 0.1) is 0 Å². The summed E-state index contributed by atoms with van der Waals surface area (Å²) in [5, 5.41) is 0.281. The second-order valence-electron chi connectivity index (χ2n) is 2.37. The van der Waals surface area contributed by atoms with Crippen molar-refractivity contribution in [2.24, 2.45) is 0 Å². The van der Waals surface area contributed by atoms with Crippen LogP contribution in [0.1, 0.15) is 25.7 Å². The summed E-state index contributed by atoms with van der Waals surface area (Å²) in [5.41, 5.74) is 1.23. The van der Waals surface area contributed by atoms with Crippen LogP contribution in [0.3, 0.4) is 0 Å². The van der Waals surface area contributed by atoms with E-state index in [0.717, 1.165) is 12.8 Å². The minimum Gasteiger partial charge on any atom is -0.118 e. The zero-order valence-corrected chi connectivity index (χ0v) is 5.75. The van der Waals surface area contributed by atoms with Crippen molar-refractivity contribution in [2.45, 2.75) is 31.1 Å². The Morgan fingerprint density at radius 1 is 1.50 bits per heavy atom. The minimum absolute atomic E-state index is 0.281. The van der Waals surface area contributed by atoms with E-state index in [1.807, 2.05) is 0 Å². The third-order valence-electron chi connectivity index (χ3n) is 1.65. The van der Waals surface area contributed by atoms with Crippen molar-refractivity contribution in [1.82, 2.24) is 0 Å². The molecule has 0 N–H and O–H groups in total. The number of rotatable bonds is 0. The van der Waals surface area contributed by atoms with E-state index in [1.54, 1.807) is 0 Å². The van der Waals surface area contributed by atoms with E-state index in [4.69, 9.17) is 11.6 Å². The average Bonchev–Trinajstić information content (AvgIpc) is 1.77. The van der Waals surface area contributed by atoms with Crippen LogP contribution in [0.5, 0.6) is 0 Å². The molecule has 0 radical (unpaired) electrons. The fourth-order valence-electron chi connectivity index (χ4n) is 1.04. The molecule has 1 unspecified atom stereocenters. The predicted molar refractivity (Wildman–Crippen MR) is 37.2 cm³/mol. The summed E-state index contributed by atoms with van der Waals surface area (Å²) in [6, 6.07) is 0. The second-order valence-corrected chi connectivity index (χ2v) is 2.90. The van der Waals surface area contributed by atoms with Crippen LogP contribution in [0.25, 0.3) is 0 Å². The molecule has 1 aliphatic rings. The fraction of sp³-hybridized carbons (Fsp3) is 0.714. The lowest BCUT2D eigenvalue weighted by molar-refractivity contribution is 0.606. The van der Waals surface area contributed by atoms with Crippen molar-refractivity contribution in [3.05, 3.63) is 12.2 Å². The normalized spacial score (nSPS) is 30.6. The van der Waals surface area contributed by atoms with Gasteiger partial charge in [-0.05, 0) is 19.3 Å². The van der Waals surface area contributed by atoms with Crippen molar-refractivity contribution in [3.63, 3.8) is 0 Å². The molecule has 0 amide bonds. The Balaban J connectivity index is 2.39. The molecule has 1 aliphatic carbocycles. The first kappa shape index (κ1) is 6.15. The van der Waals surface area contributed by atoms with E-state index >= 15 is 0 Å². The van der Waals surface area contributed by atoms with Gasteiger partial charge in [0.25, 0.3) is 0 Å². The van der Waals surface area contributed by atoms with Crippen LogP contribution < -0.4 is 0 Å². The first-order valence-electron chi connectivity index (χ1n) is 3.12. The van der Waals surface area contributed by atoms with Crippen molar-refractivity contribution in [1.29, 1.82) is 0 Å². The maximum atomic E-state index is 5.87. The fourth-order valence-corrected chi connectivity index (χ4v) is 1.30. The molecule has 1 fully saturated rings. The number of halogens is 1. The first-order valence-corrected chi connectivity index (χ1v) is 3.56. The SMILES string of the molecule is C=C1CCCCC1Cl. The summed E-state index contributed by atoms with van der Waals surface area (Å²) < 4.78 is 0. The number of hydrogen-bond acceptors (Lipinski definition) is 0.